The van der Waals surface area contributed by atoms with E-state index < -0.39 is 17.7 Å². The number of aryl methyl sites for hydroxylation is 1. The lowest BCUT2D eigenvalue weighted by atomic mass is 10.1. The van der Waals surface area contributed by atoms with Crippen LogP contribution >= 0.6 is 0 Å². The molecule has 1 aromatic heterocycles. The van der Waals surface area contributed by atoms with Crippen LogP contribution in [0.3, 0.4) is 0 Å². The van der Waals surface area contributed by atoms with Gasteiger partial charge in [-0.3, -0.25) is 4.79 Å². The number of carbonyl (C=O) groups is 1. The van der Waals surface area contributed by atoms with Gasteiger partial charge in [-0.05, 0) is 18.2 Å². The average Bonchev–Trinajstić information content (AvgIpc) is 2.33. The van der Waals surface area contributed by atoms with Crippen LogP contribution in [0.2, 0.25) is 0 Å². The summed E-state index contributed by atoms with van der Waals surface area (Å²) < 4.78 is 38.0. The van der Waals surface area contributed by atoms with Crippen LogP contribution in [0.15, 0.2) is 18.2 Å². The van der Waals surface area contributed by atoms with Gasteiger partial charge < -0.3 is 10.8 Å². The first kappa shape index (κ1) is 14.0. The fraction of sp³-hybridized carbons (Fsp3) is 0.250. The summed E-state index contributed by atoms with van der Waals surface area (Å²) in [5, 5.41) is 8.81. The monoisotopic (exact) mass is 285 g/mol. The maximum atomic E-state index is 12.7. The van der Waals surface area contributed by atoms with Gasteiger partial charge in [0.2, 0.25) is 5.95 Å². The number of alkyl halides is 3. The van der Waals surface area contributed by atoms with Crippen molar-refractivity contribution in [3.8, 4) is 0 Å². The number of hydrogen-bond donors (Lipinski definition) is 2. The number of benzene rings is 1. The molecule has 106 valence electrons. The molecule has 0 amide bonds. The van der Waals surface area contributed by atoms with Crippen LogP contribution in [0.25, 0.3) is 10.9 Å². The van der Waals surface area contributed by atoms with Gasteiger partial charge in [0.25, 0.3) is 0 Å². The van der Waals surface area contributed by atoms with Crippen LogP contribution in [0, 0.1) is 0 Å². The smallest absolute Gasteiger partial charge is 0.416 e. The summed E-state index contributed by atoms with van der Waals surface area (Å²) in [6.07, 6.45) is -4.75. The van der Waals surface area contributed by atoms with E-state index in [1.165, 1.54) is 6.07 Å². The number of aliphatic carboxylic acids is 1. The van der Waals surface area contributed by atoms with Gasteiger partial charge in [-0.2, -0.15) is 13.2 Å². The topological polar surface area (TPSA) is 89.1 Å². The lowest BCUT2D eigenvalue weighted by Crippen LogP contribution is -2.07. The van der Waals surface area contributed by atoms with E-state index in [1.807, 2.05) is 0 Å². The predicted molar refractivity (Wildman–Crippen MR) is 64.9 cm³/mol. The molecule has 0 aliphatic rings. The van der Waals surface area contributed by atoms with Crippen molar-refractivity contribution in [2.75, 3.05) is 5.73 Å². The van der Waals surface area contributed by atoms with E-state index in [2.05, 4.69) is 9.97 Å². The zero-order valence-corrected chi connectivity index (χ0v) is 10.1. The van der Waals surface area contributed by atoms with E-state index in [1.54, 1.807) is 0 Å². The standard InChI is InChI=1S/C12H10F3N3O2/c13-12(14,15)6-1-2-8-7(5-6)9(3-4-10(19)20)18-11(16)17-8/h1-2,5H,3-4H2,(H,19,20)(H2,16,17,18). The highest BCUT2D eigenvalue weighted by molar-refractivity contribution is 5.83. The summed E-state index contributed by atoms with van der Waals surface area (Å²) in [5.41, 5.74) is 5.08. The molecule has 0 atom stereocenters. The number of carboxylic acids is 1. The van der Waals surface area contributed by atoms with Gasteiger partial charge >= 0.3 is 12.1 Å². The number of fused-ring (bicyclic) bond motifs is 1. The first-order valence-electron chi connectivity index (χ1n) is 5.62. The molecule has 1 heterocycles. The van der Waals surface area contributed by atoms with Crippen LogP contribution in [0.4, 0.5) is 19.1 Å². The van der Waals surface area contributed by atoms with Crippen LogP contribution in [-0.2, 0) is 17.4 Å². The quantitative estimate of drug-likeness (QED) is 0.902. The second-order valence-electron chi connectivity index (χ2n) is 4.15. The molecule has 8 heteroatoms. The Morgan fingerprint density at radius 1 is 1.30 bits per heavy atom. The van der Waals surface area contributed by atoms with Crippen LogP contribution in [0.1, 0.15) is 17.7 Å². The Morgan fingerprint density at radius 2 is 2.00 bits per heavy atom. The summed E-state index contributed by atoms with van der Waals surface area (Å²) in [6.45, 7) is 0. The molecule has 0 aliphatic heterocycles. The highest BCUT2D eigenvalue weighted by Gasteiger charge is 2.30. The molecule has 0 unspecified atom stereocenters. The normalized spacial score (nSPS) is 11.8. The van der Waals surface area contributed by atoms with Crippen LogP contribution in [0.5, 0.6) is 0 Å². The molecular formula is C12H10F3N3O2. The van der Waals surface area contributed by atoms with Crippen molar-refractivity contribution in [3.63, 3.8) is 0 Å². The third-order valence-corrected chi connectivity index (χ3v) is 2.69. The number of anilines is 1. The molecule has 0 radical (unpaired) electrons. The van der Waals surface area contributed by atoms with Gasteiger partial charge in [0.05, 0.1) is 23.2 Å². The van der Waals surface area contributed by atoms with Gasteiger partial charge in [-0.25, -0.2) is 9.97 Å². The third-order valence-electron chi connectivity index (χ3n) is 2.69. The maximum Gasteiger partial charge on any atom is 0.416 e. The Hall–Kier alpha value is -2.38. The van der Waals surface area contributed by atoms with Gasteiger partial charge in [0, 0.05) is 11.8 Å². The molecule has 2 rings (SSSR count). The molecule has 0 spiro atoms. The minimum atomic E-state index is -4.49. The van der Waals surface area contributed by atoms with E-state index in [0.29, 0.717) is 0 Å². The van der Waals surface area contributed by atoms with Crippen molar-refractivity contribution in [3.05, 3.63) is 29.5 Å². The van der Waals surface area contributed by atoms with Crippen molar-refractivity contribution >= 4 is 22.8 Å². The first-order valence-corrected chi connectivity index (χ1v) is 5.62. The van der Waals surface area contributed by atoms with Crippen molar-refractivity contribution in [1.29, 1.82) is 0 Å². The highest BCUT2D eigenvalue weighted by Crippen LogP contribution is 2.32. The molecule has 1 aromatic carbocycles. The van der Waals surface area contributed by atoms with E-state index in [0.717, 1.165) is 12.1 Å². The summed E-state index contributed by atoms with van der Waals surface area (Å²) in [5.74, 6) is -1.17. The second kappa shape index (κ2) is 4.95. The van der Waals surface area contributed by atoms with Crippen molar-refractivity contribution < 1.29 is 23.1 Å². The molecular weight excluding hydrogens is 275 g/mol. The lowest BCUT2D eigenvalue weighted by molar-refractivity contribution is -0.138. The van der Waals surface area contributed by atoms with Gasteiger partial charge in [-0.1, -0.05) is 0 Å². The maximum absolute atomic E-state index is 12.7. The van der Waals surface area contributed by atoms with Gasteiger partial charge in [0.1, 0.15) is 0 Å². The Kier molecular flexibility index (Phi) is 3.47. The predicted octanol–water partition coefficient (Wildman–Crippen LogP) is 2.25. The molecule has 0 saturated heterocycles. The molecule has 0 fully saturated rings. The number of nitrogens with zero attached hydrogens (tertiary/aromatic N) is 2. The van der Waals surface area contributed by atoms with Crippen molar-refractivity contribution in [2.45, 2.75) is 19.0 Å². The molecule has 2 aromatic rings. The molecule has 5 nitrogen and oxygen atoms in total. The SMILES string of the molecule is Nc1nc(CCC(=O)O)c2cc(C(F)(F)F)ccc2n1. The third kappa shape index (κ3) is 2.95. The van der Waals surface area contributed by atoms with E-state index in [-0.39, 0.29) is 35.4 Å². The average molecular weight is 285 g/mol. The summed E-state index contributed by atoms with van der Waals surface area (Å²) in [4.78, 5) is 18.2. The summed E-state index contributed by atoms with van der Waals surface area (Å²) in [6, 6.07) is 3.00. The minimum Gasteiger partial charge on any atom is -0.481 e. The van der Waals surface area contributed by atoms with E-state index >= 15 is 0 Å². The van der Waals surface area contributed by atoms with Gasteiger partial charge in [-0.15, -0.1) is 0 Å². The lowest BCUT2D eigenvalue weighted by Gasteiger charge is -2.10. The number of nitrogens with two attached hydrogens (primary N) is 1. The largest absolute Gasteiger partial charge is 0.481 e. The van der Waals surface area contributed by atoms with Gasteiger partial charge in [0.15, 0.2) is 0 Å². The Morgan fingerprint density at radius 3 is 2.60 bits per heavy atom. The first-order chi connectivity index (χ1) is 9.27. The molecule has 20 heavy (non-hydrogen) atoms. The number of halogens is 3. The van der Waals surface area contributed by atoms with Crippen molar-refractivity contribution in [2.24, 2.45) is 0 Å². The zero-order chi connectivity index (χ0) is 14.9. The number of rotatable bonds is 3. The number of nitrogen functional groups attached to an aromatic ring is 1. The molecule has 3 N–H and O–H groups in total. The summed E-state index contributed by atoms with van der Waals surface area (Å²) >= 11 is 0. The number of aromatic nitrogens is 2. The number of carboxylic acid groups (broad SMARTS) is 1. The Labute approximate surface area is 111 Å². The van der Waals surface area contributed by atoms with Crippen LogP contribution < -0.4 is 5.73 Å². The second-order valence-corrected chi connectivity index (χ2v) is 4.15. The molecule has 0 saturated carbocycles. The van der Waals surface area contributed by atoms with Crippen molar-refractivity contribution in [1.82, 2.24) is 9.97 Å². The fourth-order valence-electron chi connectivity index (χ4n) is 1.80. The minimum absolute atomic E-state index is 0.0140. The highest BCUT2D eigenvalue weighted by atomic mass is 19.4. The molecule has 0 aliphatic carbocycles. The zero-order valence-electron chi connectivity index (χ0n) is 10.1. The Balaban J connectivity index is 2.56. The number of hydrogen-bond acceptors (Lipinski definition) is 4. The van der Waals surface area contributed by atoms with Crippen LogP contribution in [-0.4, -0.2) is 21.0 Å². The van der Waals surface area contributed by atoms with E-state index in [4.69, 9.17) is 10.8 Å². The fourth-order valence-corrected chi connectivity index (χ4v) is 1.80. The van der Waals surface area contributed by atoms with E-state index in [9.17, 15) is 18.0 Å². The summed E-state index contributed by atoms with van der Waals surface area (Å²) in [7, 11) is 0. The Bertz CT molecular complexity index is 671. The molecule has 0 bridgehead atoms.